The van der Waals surface area contributed by atoms with Crippen molar-refractivity contribution in [3.8, 4) is 0 Å². The molecule has 0 amide bonds. The van der Waals surface area contributed by atoms with Gasteiger partial charge in [-0.1, -0.05) is 6.07 Å². The standard InChI is InChI=1S/C18H20ClN5O3S/c19-6-10-13(25)14(26)17(27-10)24-9-23-12-15(21-8-22-16(12)24)20-7-18(3-4-18)11-2-1-5-28-11/h1-2,5,8-10,13-14,17,25-26H,3-4,6-7H2,(H,20,21,22)/t10-,13-,14-,17-/m1/s1. The van der Waals surface area contributed by atoms with Crippen molar-refractivity contribution in [1.82, 2.24) is 19.5 Å². The Morgan fingerprint density at radius 2 is 2.14 bits per heavy atom. The van der Waals surface area contributed by atoms with Gasteiger partial charge in [-0.3, -0.25) is 4.57 Å². The molecule has 0 radical (unpaired) electrons. The molecule has 2 aliphatic rings. The van der Waals surface area contributed by atoms with Crippen LogP contribution >= 0.6 is 22.9 Å². The van der Waals surface area contributed by atoms with Gasteiger partial charge in [0.05, 0.1) is 12.2 Å². The zero-order valence-electron chi connectivity index (χ0n) is 14.9. The maximum Gasteiger partial charge on any atom is 0.167 e. The minimum absolute atomic E-state index is 0.0912. The van der Waals surface area contributed by atoms with Gasteiger partial charge in [0.15, 0.2) is 23.2 Å². The first-order valence-electron chi connectivity index (χ1n) is 9.16. The van der Waals surface area contributed by atoms with Crippen molar-refractivity contribution in [2.45, 2.75) is 42.8 Å². The lowest BCUT2D eigenvalue weighted by Crippen LogP contribution is -2.32. The van der Waals surface area contributed by atoms with Crippen LogP contribution < -0.4 is 5.32 Å². The van der Waals surface area contributed by atoms with E-state index in [4.69, 9.17) is 16.3 Å². The summed E-state index contributed by atoms with van der Waals surface area (Å²) in [6.07, 6.45) is 1.72. The Kier molecular flexibility index (Phi) is 4.52. The zero-order valence-corrected chi connectivity index (χ0v) is 16.5. The highest BCUT2D eigenvalue weighted by Crippen LogP contribution is 2.50. The van der Waals surface area contributed by atoms with Crippen LogP contribution in [0.4, 0.5) is 5.82 Å². The van der Waals surface area contributed by atoms with Gasteiger partial charge in [-0.05, 0) is 24.3 Å². The van der Waals surface area contributed by atoms with E-state index in [1.54, 1.807) is 22.2 Å². The molecule has 28 heavy (non-hydrogen) atoms. The van der Waals surface area contributed by atoms with Crippen molar-refractivity contribution in [2.75, 3.05) is 17.7 Å². The number of aromatic nitrogens is 4. The van der Waals surface area contributed by atoms with Gasteiger partial charge in [0.2, 0.25) is 0 Å². The molecular weight excluding hydrogens is 402 g/mol. The number of thiophene rings is 1. The molecule has 0 aromatic carbocycles. The number of aliphatic hydroxyl groups excluding tert-OH is 2. The predicted molar refractivity (Wildman–Crippen MR) is 106 cm³/mol. The van der Waals surface area contributed by atoms with Crippen molar-refractivity contribution in [2.24, 2.45) is 0 Å². The number of ether oxygens (including phenoxy) is 1. The highest BCUT2D eigenvalue weighted by atomic mass is 35.5. The predicted octanol–water partition coefficient (Wildman–Crippen LogP) is 1.89. The van der Waals surface area contributed by atoms with Crippen LogP contribution in [-0.4, -0.2) is 60.5 Å². The summed E-state index contributed by atoms with van der Waals surface area (Å²) in [5.41, 5.74) is 1.31. The van der Waals surface area contributed by atoms with Crippen LogP contribution in [0.15, 0.2) is 30.2 Å². The molecule has 8 nitrogen and oxygen atoms in total. The summed E-state index contributed by atoms with van der Waals surface area (Å²) in [6.45, 7) is 0.780. The summed E-state index contributed by atoms with van der Waals surface area (Å²) in [6, 6.07) is 4.27. The van der Waals surface area contributed by atoms with E-state index in [1.807, 2.05) is 0 Å². The Morgan fingerprint density at radius 3 is 2.82 bits per heavy atom. The molecule has 0 unspecified atom stereocenters. The summed E-state index contributed by atoms with van der Waals surface area (Å²) < 4.78 is 7.33. The SMILES string of the molecule is O[C@@H]1[C@H](O)[C@@H](CCl)O[C@H]1n1cnc2c(NCC3(c4cccs4)CC3)ncnc21. The number of imidazole rings is 1. The number of nitrogens with zero attached hydrogens (tertiary/aromatic N) is 4. The Labute approximate surface area is 170 Å². The van der Waals surface area contributed by atoms with Crippen molar-refractivity contribution < 1.29 is 14.9 Å². The molecule has 1 aliphatic heterocycles. The van der Waals surface area contributed by atoms with Gasteiger partial charge in [-0.25, -0.2) is 15.0 Å². The van der Waals surface area contributed by atoms with E-state index in [9.17, 15) is 10.2 Å². The number of rotatable bonds is 6. The summed E-state index contributed by atoms with van der Waals surface area (Å²) in [5, 5.41) is 26.0. The minimum Gasteiger partial charge on any atom is -0.387 e. The van der Waals surface area contributed by atoms with Crippen LogP contribution in [0.3, 0.4) is 0 Å². The largest absolute Gasteiger partial charge is 0.387 e. The average molecular weight is 422 g/mol. The molecule has 3 aromatic rings. The Hall–Kier alpha value is -1.78. The molecule has 4 atom stereocenters. The molecule has 3 aromatic heterocycles. The lowest BCUT2D eigenvalue weighted by molar-refractivity contribution is -0.0291. The van der Waals surface area contributed by atoms with Gasteiger partial charge in [-0.2, -0.15) is 0 Å². The van der Waals surface area contributed by atoms with Crippen molar-refractivity contribution >= 4 is 39.9 Å². The second kappa shape index (κ2) is 6.93. The molecule has 10 heteroatoms. The van der Waals surface area contributed by atoms with Crippen LogP contribution in [-0.2, 0) is 10.2 Å². The third-order valence-corrected chi connectivity index (χ3v) is 7.03. The van der Waals surface area contributed by atoms with Crippen LogP contribution in [0.25, 0.3) is 11.2 Å². The molecule has 3 N–H and O–H groups in total. The Bertz CT molecular complexity index is 977. The third-order valence-electron chi connectivity index (χ3n) is 5.61. The van der Waals surface area contributed by atoms with Gasteiger partial charge >= 0.3 is 0 Å². The number of nitrogens with one attached hydrogen (secondary N) is 1. The molecule has 1 saturated heterocycles. The van der Waals surface area contributed by atoms with Crippen LogP contribution in [0, 0.1) is 0 Å². The lowest BCUT2D eigenvalue weighted by atomic mass is 10.1. The highest BCUT2D eigenvalue weighted by Gasteiger charge is 2.45. The van der Waals surface area contributed by atoms with E-state index in [-0.39, 0.29) is 11.3 Å². The number of hydrogen-bond donors (Lipinski definition) is 3. The fraction of sp³-hybridized carbons (Fsp3) is 0.500. The Morgan fingerprint density at radius 1 is 1.29 bits per heavy atom. The molecule has 1 aliphatic carbocycles. The van der Waals surface area contributed by atoms with Crippen molar-refractivity contribution in [1.29, 1.82) is 0 Å². The molecule has 4 heterocycles. The normalized spacial score (nSPS) is 28.7. The zero-order chi connectivity index (χ0) is 19.3. The molecule has 1 saturated carbocycles. The first kappa shape index (κ1) is 18.3. The maximum atomic E-state index is 10.3. The van der Waals surface area contributed by atoms with E-state index >= 15 is 0 Å². The molecular formula is C18H20ClN5O3S. The number of aliphatic hydroxyl groups is 2. The van der Waals surface area contributed by atoms with E-state index in [0.717, 1.165) is 19.4 Å². The Balaban J connectivity index is 1.40. The maximum absolute atomic E-state index is 10.3. The van der Waals surface area contributed by atoms with E-state index in [0.29, 0.717) is 17.0 Å². The number of hydrogen-bond acceptors (Lipinski definition) is 8. The highest BCUT2D eigenvalue weighted by molar-refractivity contribution is 7.10. The van der Waals surface area contributed by atoms with E-state index in [2.05, 4.69) is 37.8 Å². The summed E-state index contributed by atoms with van der Waals surface area (Å²) in [5.74, 6) is 0.738. The number of fused-ring (bicyclic) bond motifs is 1. The molecule has 5 rings (SSSR count). The van der Waals surface area contributed by atoms with E-state index < -0.39 is 24.5 Å². The second-order valence-corrected chi connectivity index (χ2v) is 8.61. The third kappa shape index (κ3) is 2.89. The number of alkyl halides is 1. The van der Waals surface area contributed by atoms with Gasteiger partial charge in [-0.15, -0.1) is 22.9 Å². The monoisotopic (exact) mass is 421 g/mol. The summed E-state index contributed by atoms with van der Waals surface area (Å²) >= 11 is 7.60. The molecule has 148 valence electrons. The molecule has 0 spiro atoms. The fourth-order valence-electron chi connectivity index (χ4n) is 3.75. The quantitative estimate of drug-likeness (QED) is 0.522. The summed E-state index contributed by atoms with van der Waals surface area (Å²) in [4.78, 5) is 14.5. The van der Waals surface area contributed by atoms with Gasteiger partial charge in [0.25, 0.3) is 0 Å². The van der Waals surface area contributed by atoms with Gasteiger partial charge in [0.1, 0.15) is 24.6 Å². The van der Waals surface area contributed by atoms with Crippen LogP contribution in [0.1, 0.15) is 23.9 Å². The second-order valence-electron chi connectivity index (χ2n) is 7.36. The van der Waals surface area contributed by atoms with Gasteiger partial charge in [0, 0.05) is 16.8 Å². The fourth-order valence-corrected chi connectivity index (χ4v) is 4.99. The number of halogens is 1. The molecule has 0 bridgehead atoms. The van der Waals surface area contributed by atoms with Crippen LogP contribution in [0.2, 0.25) is 0 Å². The smallest absolute Gasteiger partial charge is 0.167 e. The summed E-state index contributed by atoms with van der Waals surface area (Å²) in [7, 11) is 0. The van der Waals surface area contributed by atoms with Crippen LogP contribution in [0.5, 0.6) is 0 Å². The van der Waals surface area contributed by atoms with E-state index in [1.165, 1.54) is 11.2 Å². The average Bonchev–Trinajstić information content (AvgIpc) is 3.06. The first-order chi connectivity index (χ1) is 13.6. The number of anilines is 1. The minimum atomic E-state index is -1.11. The molecule has 2 fully saturated rings. The topological polar surface area (TPSA) is 105 Å². The van der Waals surface area contributed by atoms with Gasteiger partial charge < -0.3 is 20.3 Å². The lowest BCUT2D eigenvalue weighted by Gasteiger charge is -2.17. The van der Waals surface area contributed by atoms with Crippen molar-refractivity contribution in [3.63, 3.8) is 0 Å². The first-order valence-corrected chi connectivity index (χ1v) is 10.6. The van der Waals surface area contributed by atoms with Crippen molar-refractivity contribution in [3.05, 3.63) is 35.0 Å².